The standard InChI is InChI=1S/C23H25N3O6S2/c1-17-4-10-20(11-5-17)26(33(3,28)29)16-23(27)24-18-8-14-22(15-9-18)34(30,31)25-19-6-12-21(32-2)13-7-19/h4-15,25H,16H2,1-3H3,(H,24,27). The molecular formula is C23H25N3O6S2. The molecule has 0 spiro atoms. The van der Waals surface area contributed by atoms with Crippen molar-refractivity contribution in [3.63, 3.8) is 0 Å². The first-order valence-electron chi connectivity index (χ1n) is 10.1. The minimum absolute atomic E-state index is 0.00117. The zero-order valence-electron chi connectivity index (χ0n) is 18.8. The van der Waals surface area contributed by atoms with E-state index in [2.05, 4.69) is 10.0 Å². The normalized spacial score (nSPS) is 11.5. The summed E-state index contributed by atoms with van der Waals surface area (Å²) in [5.74, 6) is 0.0258. The summed E-state index contributed by atoms with van der Waals surface area (Å²) in [6.07, 6.45) is 1.02. The Morgan fingerprint density at radius 1 is 0.853 bits per heavy atom. The molecule has 0 bridgehead atoms. The van der Waals surface area contributed by atoms with Crippen molar-refractivity contribution in [2.24, 2.45) is 0 Å². The Morgan fingerprint density at radius 3 is 1.94 bits per heavy atom. The van der Waals surface area contributed by atoms with Crippen LogP contribution >= 0.6 is 0 Å². The minimum Gasteiger partial charge on any atom is -0.497 e. The molecule has 3 aromatic rings. The summed E-state index contributed by atoms with van der Waals surface area (Å²) in [4.78, 5) is 12.5. The fourth-order valence-corrected chi connectivity index (χ4v) is 4.95. The number of sulfonamides is 2. The second-order valence-electron chi connectivity index (χ2n) is 7.51. The van der Waals surface area contributed by atoms with Crippen LogP contribution in [0.15, 0.2) is 77.7 Å². The number of hydrogen-bond donors (Lipinski definition) is 2. The van der Waals surface area contributed by atoms with Crippen LogP contribution in [0.5, 0.6) is 5.75 Å². The van der Waals surface area contributed by atoms with Crippen LogP contribution in [0.2, 0.25) is 0 Å². The first kappa shape index (κ1) is 25.1. The van der Waals surface area contributed by atoms with Crippen molar-refractivity contribution < 1.29 is 26.4 Å². The van der Waals surface area contributed by atoms with Gasteiger partial charge in [0.1, 0.15) is 12.3 Å². The molecule has 3 rings (SSSR count). The fourth-order valence-electron chi connectivity index (χ4n) is 3.03. The van der Waals surface area contributed by atoms with Crippen LogP contribution in [0.4, 0.5) is 17.1 Å². The lowest BCUT2D eigenvalue weighted by Crippen LogP contribution is -2.37. The smallest absolute Gasteiger partial charge is 0.261 e. The Hall–Kier alpha value is -3.57. The molecule has 0 unspecified atom stereocenters. The Bertz CT molecular complexity index is 1350. The number of anilines is 3. The first-order valence-corrected chi connectivity index (χ1v) is 13.4. The molecule has 0 fully saturated rings. The Morgan fingerprint density at radius 2 is 1.41 bits per heavy atom. The van der Waals surface area contributed by atoms with Gasteiger partial charge in [0.2, 0.25) is 15.9 Å². The van der Waals surface area contributed by atoms with Gasteiger partial charge in [-0.2, -0.15) is 0 Å². The maximum atomic E-state index is 12.6. The summed E-state index contributed by atoms with van der Waals surface area (Å²) < 4.78 is 58.2. The summed E-state index contributed by atoms with van der Waals surface area (Å²) in [7, 11) is -6.03. The first-order chi connectivity index (χ1) is 16.0. The SMILES string of the molecule is COc1ccc(NS(=O)(=O)c2ccc(NC(=O)CN(c3ccc(C)cc3)S(C)(=O)=O)cc2)cc1. The second-order valence-corrected chi connectivity index (χ2v) is 11.1. The van der Waals surface area contributed by atoms with Crippen LogP contribution in [-0.4, -0.2) is 42.7 Å². The topological polar surface area (TPSA) is 122 Å². The van der Waals surface area contributed by atoms with Crippen molar-refractivity contribution in [3.05, 3.63) is 78.4 Å². The molecule has 0 saturated carbocycles. The molecule has 0 aromatic heterocycles. The van der Waals surface area contributed by atoms with Crippen molar-refractivity contribution in [3.8, 4) is 5.75 Å². The molecule has 0 atom stereocenters. The van der Waals surface area contributed by atoms with Crippen molar-refractivity contribution in [2.45, 2.75) is 11.8 Å². The number of carbonyl (C=O) groups is 1. The molecule has 9 nitrogen and oxygen atoms in total. The number of ether oxygens (including phenoxy) is 1. The van der Waals surface area contributed by atoms with Crippen LogP contribution in [0.25, 0.3) is 0 Å². The molecule has 0 aliphatic rings. The third kappa shape index (κ3) is 6.49. The molecule has 0 aliphatic carbocycles. The van der Waals surface area contributed by atoms with Gasteiger partial charge in [0.15, 0.2) is 0 Å². The molecule has 0 saturated heterocycles. The van der Waals surface area contributed by atoms with Gasteiger partial charge in [0.05, 0.1) is 23.9 Å². The Balaban J connectivity index is 1.69. The zero-order valence-corrected chi connectivity index (χ0v) is 20.5. The number of nitrogens with zero attached hydrogens (tertiary/aromatic N) is 1. The van der Waals surface area contributed by atoms with Crippen LogP contribution in [0.1, 0.15) is 5.56 Å². The molecule has 11 heteroatoms. The van der Waals surface area contributed by atoms with Crippen molar-refractivity contribution in [1.29, 1.82) is 0 Å². The van der Waals surface area contributed by atoms with Crippen LogP contribution in [0.3, 0.4) is 0 Å². The number of hydrogen-bond acceptors (Lipinski definition) is 6. The van der Waals surface area contributed by atoms with Gasteiger partial charge in [-0.05, 0) is 67.6 Å². The Kier molecular flexibility index (Phi) is 7.48. The molecular weight excluding hydrogens is 478 g/mol. The molecule has 0 aliphatic heterocycles. The van der Waals surface area contributed by atoms with Gasteiger partial charge in [0, 0.05) is 11.4 Å². The summed E-state index contributed by atoms with van der Waals surface area (Å²) in [5, 5.41) is 2.59. The van der Waals surface area contributed by atoms with Crippen molar-refractivity contribution >= 4 is 43.0 Å². The molecule has 1 amide bonds. The van der Waals surface area contributed by atoms with E-state index in [0.29, 0.717) is 22.8 Å². The van der Waals surface area contributed by atoms with E-state index < -0.39 is 32.5 Å². The van der Waals surface area contributed by atoms with E-state index >= 15 is 0 Å². The highest BCUT2D eigenvalue weighted by atomic mass is 32.2. The van der Waals surface area contributed by atoms with E-state index in [1.807, 2.05) is 6.92 Å². The molecule has 0 radical (unpaired) electrons. The number of rotatable bonds is 9. The predicted octanol–water partition coefficient (Wildman–Crippen LogP) is 3.21. The second kappa shape index (κ2) is 10.1. The van der Waals surface area contributed by atoms with Crippen LogP contribution < -0.4 is 19.1 Å². The fraction of sp³-hybridized carbons (Fsp3) is 0.174. The van der Waals surface area contributed by atoms with Crippen molar-refractivity contribution in [1.82, 2.24) is 0 Å². The number of aryl methyl sites for hydroxylation is 1. The molecule has 34 heavy (non-hydrogen) atoms. The zero-order chi connectivity index (χ0) is 24.9. The maximum absolute atomic E-state index is 12.6. The third-order valence-electron chi connectivity index (χ3n) is 4.80. The maximum Gasteiger partial charge on any atom is 0.261 e. The lowest BCUT2D eigenvalue weighted by atomic mass is 10.2. The highest BCUT2D eigenvalue weighted by Gasteiger charge is 2.21. The predicted molar refractivity (Wildman–Crippen MR) is 132 cm³/mol. The van der Waals surface area contributed by atoms with Crippen molar-refractivity contribution in [2.75, 3.05) is 34.3 Å². The number of methoxy groups -OCH3 is 1. The number of amides is 1. The minimum atomic E-state index is -3.85. The van der Waals surface area contributed by atoms with Gasteiger partial charge < -0.3 is 10.1 Å². The van der Waals surface area contributed by atoms with Crippen LogP contribution in [-0.2, 0) is 24.8 Å². The van der Waals surface area contributed by atoms with E-state index in [1.165, 1.54) is 31.4 Å². The van der Waals surface area contributed by atoms with Gasteiger partial charge in [-0.3, -0.25) is 13.8 Å². The third-order valence-corrected chi connectivity index (χ3v) is 7.34. The highest BCUT2D eigenvalue weighted by molar-refractivity contribution is 7.92. The van der Waals surface area contributed by atoms with Gasteiger partial charge >= 0.3 is 0 Å². The van der Waals surface area contributed by atoms with E-state index in [4.69, 9.17) is 4.74 Å². The summed E-state index contributed by atoms with van der Waals surface area (Å²) in [6, 6.07) is 18.7. The largest absolute Gasteiger partial charge is 0.497 e. The summed E-state index contributed by atoms with van der Waals surface area (Å²) in [6.45, 7) is 1.44. The van der Waals surface area contributed by atoms with Gasteiger partial charge in [-0.1, -0.05) is 17.7 Å². The molecule has 3 aromatic carbocycles. The molecule has 0 heterocycles. The average Bonchev–Trinajstić information content (AvgIpc) is 2.78. The quantitative estimate of drug-likeness (QED) is 0.462. The molecule has 180 valence electrons. The Labute approximate surface area is 199 Å². The van der Waals surface area contributed by atoms with Gasteiger partial charge in [-0.15, -0.1) is 0 Å². The monoisotopic (exact) mass is 503 g/mol. The van der Waals surface area contributed by atoms with E-state index in [1.54, 1.807) is 48.5 Å². The van der Waals surface area contributed by atoms with E-state index in [9.17, 15) is 21.6 Å². The molecule has 2 N–H and O–H groups in total. The van der Waals surface area contributed by atoms with E-state index in [0.717, 1.165) is 16.1 Å². The van der Waals surface area contributed by atoms with E-state index in [-0.39, 0.29) is 4.90 Å². The lowest BCUT2D eigenvalue weighted by molar-refractivity contribution is -0.114. The number of benzene rings is 3. The van der Waals surface area contributed by atoms with Gasteiger partial charge in [0.25, 0.3) is 10.0 Å². The summed E-state index contributed by atoms with van der Waals surface area (Å²) in [5.41, 5.74) is 2.02. The highest BCUT2D eigenvalue weighted by Crippen LogP contribution is 2.21. The van der Waals surface area contributed by atoms with Crippen LogP contribution in [0, 0.1) is 6.92 Å². The lowest BCUT2D eigenvalue weighted by Gasteiger charge is -2.22. The average molecular weight is 504 g/mol. The van der Waals surface area contributed by atoms with Gasteiger partial charge in [-0.25, -0.2) is 16.8 Å². The number of nitrogens with one attached hydrogen (secondary N) is 2. The number of carbonyl (C=O) groups excluding carboxylic acids is 1. The summed E-state index contributed by atoms with van der Waals surface area (Å²) >= 11 is 0.